The summed E-state index contributed by atoms with van der Waals surface area (Å²) in [5.74, 6) is -0.337. The Morgan fingerprint density at radius 3 is 2.43 bits per heavy atom. The van der Waals surface area contributed by atoms with Crippen LogP contribution in [-0.2, 0) is 26.2 Å². The third kappa shape index (κ3) is 4.19. The third-order valence-electron chi connectivity index (χ3n) is 3.68. The monoisotopic (exact) mass is 318 g/mol. The van der Waals surface area contributed by atoms with Crippen molar-refractivity contribution >= 4 is 0 Å². The lowest BCUT2D eigenvalue weighted by atomic mass is 10.2. The van der Waals surface area contributed by atoms with Crippen LogP contribution in [0.25, 0.3) is 0 Å². The van der Waals surface area contributed by atoms with Gasteiger partial charge in [-0.2, -0.15) is 0 Å². The van der Waals surface area contributed by atoms with E-state index in [2.05, 4.69) is 0 Å². The Hall–Kier alpha value is -2.15. The van der Waals surface area contributed by atoms with Crippen LogP contribution in [0.4, 0.5) is 0 Å². The number of hydrogen-bond donors (Lipinski definition) is 3. The maximum absolute atomic E-state index is 11.9. The standard InChI is InChI=1S/C17H22N2O4/c1-18(10-13-5-3-2-4-6-13)11-15-17(23)16(22)9-14(12-21)19(15)7-8-20/h2-6,9,20-21,23H,7-8,10-12H2,1H3. The number of hydrogen-bond acceptors (Lipinski definition) is 5. The summed E-state index contributed by atoms with van der Waals surface area (Å²) in [5, 5.41) is 28.8. The Kier molecular flexibility index (Phi) is 5.92. The van der Waals surface area contributed by atoms with Crippen molar-refractivity contribution in [3.05, 3.63) is 63.6 Å². The minimum Gasteiger partial charge on any atom is -0.503 e. The third-order valence-corrected chi connectivity index (χ3v) is 3.68. The molecule has 1 heterocycles. The molecule has 0 spiro atoms. The summed E-state index contributed by atoms with van der Waals surface area (Å²) >= 11 is 0. The van der Waals surface area contributed by atoms with E-state index in [-0.39, 0.29) is 25.5 Å². The number of rotatable bonds is 7. The van der Waals surface area contributed by atoms with Gasteiger partial charge in [-0.25, -0.2) is 0 Å². The van der Waals surface area contributed by atoms with E-state index in [9.17, 15) is 20.1 Å². The lowest BCUT2D eigenvalue weighted by Crippen LogP contribution is -2.25. The van der Waals surface area contributed by atoms with Gasteiger partial charge in [-0.15, -0.1) is 0 Å². The highest BCUT2D eigenvalue weighted by molar-refractivity contribution is 5.30. The molecule has 1 aromatic carbocycles. The van der Waals surface area contributed by atoms with E-state index in [0.29, 0.717) is 24.5 Å². The van der Waals surface area contributed by atoms with E-state index in [1.807, 2.05) is 42.3 Å². The molecule has 6 heteroatoms. The predicted molar refractivity (Wildman–Crippen MR) is 87.0 cm³/mol. The fourth-order valence-electron chi connectivity index (χ4n) is 2.62. The average molecular weight is 318 g/mol. The molecule has 0 aliphatic rings. The van der Waals surface area contributed by atoms with Gasteiger partial charge < -0.3 is 19.9 Å². The number of aromatic nitrogens is 1. The van der Waals surface area contributed by atoms with Crippen LogP contribution in [0.2, 0.25) is 0 Å². The van der Waals surface area contributed by atoms with E-state index < -0.39 is 5.43 Å². The lowest BCUT2D eigenvalue weighted by molar-refractivity contribution is 0.237. The number of pyridine rings is 1. The molecule has 0 atom stereocenters. The molecular formula is C17H22N2O4. The Labute approximate surface area is 134 Å². The fraction of sp³-hybridized carbons (Fsp3) is 0.353. The van der Waals surface area contributed by atoms with E-state index >= 15 is 0 Å². The number of nitrogens with zero attached hydrogens (tertiary/aromatic N) is 2. The second kappa shape index (κ2) is 7.92. The highest BCUT2D eigenvalue weighted by Gasteiger charge is 2.16. The summed E-state index contributed by atoms with van der Waals surface area (Å²) in [6.45, 7) is 0.703. The van der Waals surface area contributed by atoms with Gasteiger partial charge in [0.05, 0.1) is 18.9 Å². The van der Waals surface area contributed by atoms with E-state index in [4.69, 9.17) is 0 Å². The molecule has 0 radical (unpaired) electrons. The second-order valence-corrected chi connectivity index (χ2v) is 5.49. The van der Waals surface area contributed by atoms with Crippen molar-refractivity contribution in [2.24, 2.45) is 0 Å². The molecule has 0 bridgehead atoms. The molecule has 2 aromatic rings. The smallest absolute Gasteiger partial charge is 0.223 e. The van der Waals surface area contributed by atoms with E-state index in [1.54, 1.807) is 4.57 Å². The molecule has 6 nitrogen and oxygen atoms in total. The normalized spacial score (nSPS) is 11.1. The van der Waals surface area contributed by atoms with E-state index in [0.717, 1.165) is 5.56 Å². The summed E-state index contributed by atoms with van der Waals surface area (Å²) in [7, 11) is 1.88. The highest BCUT2D eigenvalue weighted by atomic mass is 16.3. The molecule has 0 aliphatic heterocycles. The first kappa shape index (κ1) is 17.2. The largest absolute Gasteiger partial charge is 0.503 e. The molecule has 3 N–H and O–H groups in total. The van der Waals surface area contributed by atoms with Crippen LogP contribution in [0.15, 0.2) is 41.2 Å². The van der Waals surface area contributed by atoms with Gasteiger partial charge in [0.2, 0.25) is 5.43 Å². The van der Waals surface area contributed by atoms with Crippen molar-refractivity contribution in [3.8, 4) is 5.75 Å². The first-order valence-electron chi connectivity index (χ1n) is 7.45. The van der Waals surface area contributed by atoms with Gasteiger partial charge in [-0.3, -0.25) is 9.69 Å². The van der Waals surface area contributed by atoms with Crippen LogP contribution in [0.1, 0.15) is 17.0 Å². The molecule has 0 fully saturated rings. The predicted octanol–water partition coefficient (Wildman–Crippen LogP) is 0.670. The highest BCUT2D eigenvalue weighted by Crippen LogP contribution is 2.18. The van der Waals surface area contributed by atoms with Crippen LogP contribution < -0.4 is 5.43 Å². The van der Waals surface area contributed by atoms with Crippen LogP contribution >= 0.6 is 0 Å². The minimum absolute atomic E-state index is 0.148. The lowest BCUT2D eigenvalue weighted by Gasteiger charge is -2.23. The maximum Gasteiger partial charge on any atom is 0.223 e. The SMILES string of the molecule is CN(Cc1ccccc1)Cc1c(O)c(=O)cc(CO)n1CCO. The number of aliphatic hydroxyl groups excluding tert-OH is 2. The molecular weight excluding hydrogens is 296 g/mol. The van der Waals surface area contributed by atoms with Crippen molar-refractivity contribution in [2.45, 2.75) is 26.2 Å². The Morgan fingerprint density at radius 1 is 1.13 bits per heavy atom. The van der Waals surface area contributed by atoms with Gasteiger partial charge in [0, 0.05) is 31.4 Å². The van der Waals surface area contributed by atoms with Gasteiger partial charge in [-0.05, 0) is 12.6 Å². The van der Waals surface area contributed by atoms with Crippen LogP contribution in [0.5, 0.6) is 5.75 Å². The van der Waals surface area contributed by atoms with E-state index in [1.165, 1.54) is 6.07 Å². The Balaban J connectivity index is 2.30. The zero-order chi connectivity index (χ0) is 16.8. The first-order valence-corrected chi connectivity index (χ1v) is 7.45. The summed E-state index contributed by atoms with van der Waals surface area (Å²) in [6, 6.07) is 11.1. The molecule has 0 saturated heterocycles. The van der Waals surface area contributed by atoms with Crippen molar-refractivity contribution in [1.29, 1.82) is 0 Å². The second-order valence-electron chi connectivity index (χ2n) is 5.49. The molecule has 0 unspecified atom stereocenters. The zero-order valence-corrected chi connectivity index (χ0v) is 13.1. The minimum atomic E-state index is -0.522. The number of benzene rings is 1. The Bertz CT molecular complexity index is 698. The molecule has 0 amide bonds. The number of aromatic hydroxyl groups is 1. The van der Waals surface area contributed by atoms with Crippen LogP contribution in [-0.4, -0.2) is 38.4 Å². The average Bonchev–Trinajstić information content (AvgIpc) is 2.55. The van der Waals surface area contributed by atoms with Crippen LogP contribution in [0.3, 0.4) is 0 Å². The molecule has 1 aromatic heterocycles. The van der Waals surface area contributed by atoms with Crippen molar-refractivity contribution in [2.75, 3.05) is 13.7 Å². The van der Waals surface area contributed by atoms with Crippen molar-refractivity contribution in [1.82, 2.24) is 9.47 Å². The molecule has 23 heavy (non-hydrogen) atoms. The van der Waals surface area contributed by atoms with Gasteiger partial charge in [0.15, 0.2) is 5.75 Å². The Morgan fingerprint density at radius 2 is 1.83 bits per heavy atom. The van der Waals surface area contributed by atoms with Gasteiger partial charge in [0.1, 0.15) is 0 Å². The topological polar surface area (TPSA) is 85.9 Å². The number of aliphatic hydroxyl groups is 2. The molecule has 0 saturated carbocycles. The first-order chi connectivity index (χ1) is 11.1. The van der Waals surface area contributed by atoms with Crippen molar-refractivity contribution in [3.63, 3.8) is 0 Å². The fourth-order valence-corrected chi connectivity index (χ4v) is 2.62. The zero-order valence-electron chi connectivity index (χ0n) is 13.1. The summed E-state index contributed by atoms with van der Waals surface area (Å²) < 4.78 is 1.60. The molecule has 0 aliphatic carbocycles. The summed E-state index contributed by atoms with van der Waals surface area (Å²) in [6.07, 6.45) is 0. The summed E-state index contributed by atoms with van der Waals surface area (Å²) in [4.78, 5) is 13.8. The van der Waals surface area contributed by atoms with Gasteiger partial charge >= 0.3 is 0 Å². The van der Waals surface area contributed by atoms with Gasteiger partial charge in [-0.1, -0.05) is 30.3 Å². The van der Waals surface area contributed by atoms with Crippen molar-refractivity contribution < 1.29 is 15.3 Å². The molecule has 124 valence electrons. The van der Waals surface area contributed by atoms with Gasteiger partial charge in [0.25, 0.3) is 0 Å². The molecule has 2 rings (SSSR count). The van der Waals surface area contributed by atoms with Crippen LogP contribution in [0, 0.1) is 0 Å². The quantitative estimate of drug-likeness (QED) is 0.699. The summed E-state index contributed by atoms with van der Waals surface area (Å²) in [5.41, 5.74) is 1.37. The maximum atomic E-state index is 11.9.